The van der Waals surface area contributed by atoms with Crippen molar-refractivity contribution in [2.45, 2.75) is 149 Å². The molecule has 272 valence electrons. The van der Waals surface area contributed by atoms with Gasteiger partial charge >= 0.3 is 6.03 Å². The summed E-state index contributed by atoms with van der Waals surface area (Å²) in [7, 11) is 0. The van der Waals surface area contributed by atoms with Crippen molar-refractivity contribution >= 4 is 35.8 Å². The average molecular weight is 676 g/mol. The van der Waals surface area contributed by atoms with Gasteiger partial charge in [0.1, 0.15) is 12.1 Å². The smallest absolute Gasteiger partial charge is 0.316 e. The number of carbonyl (C=O) groups is 6. The summed E-state index contributed by atoms with van der Waals surface area (Å²) in [6, 6.07) is -3.42. The number of nitrogens with one attached hydrogen (secondary N) is 4. The maximum Gasteiger partial charge on any atom is 0.316 e. The molecule has 5 atom stereocenters. The molecule has 0 aromatic rings. The molecule has 2 aliphatic carbocycles. The Morgan fingerprint density at radius 3 is 2.10 bits per heavy atom. The molecule has 0 bridgehead atoms. The van der Waals surface area contributed by atoms with Gasteiger partial charge in [0.25, 0.3) is 0 Å². The Bertz CT molecular complexity index is 1100. The molecule has 12 nitrogen and oxygen atoms in total. The van der Waals surface area contributed by atoms with Crippen LogP contribution < -0.4 is 21.3 Å². The fourth-order valence-corrected chi connectivity index (χ4v) is 6.48. The number of amides is 5. The van der Waals surface area contributed by atoms with Crippen molar-refractivity contribution in [1.82, 2.24) is 26.2 Å². The van der Waals surface area contributed by atoms with Gasteiger partial charge < -0.3 is 30.9 Å². The van der Waals surface area contributed by atoms with E-state index in [1.807, 2.05) is 41.5 Å². The molecule has 12 heteroatoms. The standard InChI is InChI=1S/C32H54N4O6.C4H7NO/c1-8-12-24(20(4)37)33-29(39)25-17-23(42-32(5,6)7)18-36(25)30(40)27(21-13-10-9-11-14-21)35-31(41)34-26(19(2)3)28(38)22-15-16-22;1-2-3-5-4-6/h19,21-27H,8-18H2,1-7H3,(H,33,39)(H2,34,35,41);2,4H,1,3H2,(H,5,6). The zero-order valence-corrected chi connectivity index (χ0v) is 30.3. The van der Waals surface area contributed by atoms with Gasteiger partial charge in [0.15, 0.2) is 11.6 Å². The second-order valence-electron chi connectivity index (χ2n) is 14.8. The van der Waals surface area contributed by atoms with Crippen LogP contribution in [0.3, 0.4) is 0 Å². The summed E-state index contributed by atoms with van der Waals surface area (Å²) in [6.45, 7) is 17.2. The Labute approximate surface area is 287 Å². The zero-order chi connectivity index (χ0) is 36.0. The van der Waals surface area contributed by atoms with Gasteiger partial charge in [0.05, 0.1) is 23.8 Å². The van der Waals surface area contributed by atoms with Gasteiger partial charge in [-0.1, -0.05) is 52.5 Å². The van der Waals surface area contributed by atoms with Crippen molar-refractivity contribution in [1.29, 1.82) is 0 Å². The fraction of sp³-hybridized carbons (Fsp3) is 0.778. The van der Waals surface area contributed by atoms with E-state index < -0.39 is 35.8 Å². The quantitative estimate of drug-likeness (QED) is 0.110. The van der Waals surface area contributed by atoms with Gasteiger partial charge in [-0.05, 0) is 71.6 Å². The van der Waals surface area contributed by atoms with Crippen LogP contribution in [0.4, 0.5) is 4.79 Å². The number of carbonyl (C=O) groups excluding carboxylic acids is 6. The van der Waals surface area contributed by atoms with Gasteiger partial charge in [-0.15, -0.1) is 6.58 Å². The van der Waals surface area contributed by atoms with Gasteiger partial charge in [0, 0.05) is 25.4 Å². The van der Waals surface area contributed by atoms with Gasteiger partial charge in [-0.25, -0.2) is 4.79 Å². The third kappa shape index (κ3) is 13.3. The number of rotatable bonds is 16. The highest BCUT2D eigenvalue weighted by molar-refractivity contribution is 5.96. The second-order valence-corrected chi connectivity index (χ2v) is 14.8. The average Bonchev–Trinajstić information content (AvgIpc) is 3.80. The number of hydrogen-bond donors (Lipinski definition) is 4. The highest BCUT2D eigenvalue weighted by Gasteiger charge is 2.46. The number of ether oxygens (including phenoxy) is 1. The molecule has 48 heavy (non-hydrogen) atoms. The van der Waals surface area contributed by atoms with E-state index in [0.717, 1.165) is 51.4 Å². The van der Waals surface area contributed by atoms with Crippen LogP contribution in [0.1, 0.15) is 113 Å². The maximum atomic E-state index is 14.3. The molecule has 0 aromatic carbocycles. The van der Waals surface area contributed by atoms with Crippen LogP contribution in [0.15, 0.2) is 12.7 Å². The van der Waals surface area contributed by atoms with Crippen molar-refractivity contribution in [2.75, 3.05) is 13.1 Å². The number of ketones is 2. The van der Waals surface area contributed by atoms with Crippen molar-refractivity contribution in [3.05, 3.63) is 12.7 Å². The van der Waals surface area contributed by atoms with Crippen molar-refractivity contribution < 1.29 is 33.5 Å². The number of Topliss-reactive ketones (excluding diaryl/α,β-unsaturated/α-hetero) is 2. The minimum atomic E-state index is -0.836. The predicted molar refractivity (Wildman–Crippen MR) is 185 cm³/mol. The van der Waals surface area contributed by atoms with E-state index in [4.69, 9.17) is 4.74 Å². The molecule has 0 spiro atoms. The van der Waals surface area contributed by atoms with E-state index in [1.54, 1.807) is 11.0 Å². The van der Waals surface area contributed by atoms with Crippen LogP contribution in [0.2, 0.25) is 0 Å². The predicted octanol–water partition coefficient (Wildman–Crippen LogP) is 3.82. The molecule has 4 N–H and O–H groups in total. The molecular weight excluding hydrogens is 614 g/mol. The van der Waals surface area contributed by atoms with Crippen LogP contribution in [0.25, 0.3) is 0 Å². The summed E-state index contributed by atoms with van der Waals surface area (Å²) in [5, 5.41) is 11.1. The first-order chi connectivity index (χ1) is 22.6. The topological polar surface area (TPSA) is 163 Å². The molecule has 3 fully saturated rings. The fourth-order valence-electron chi connectivity index (χ4n) is 6.48. The lowest BCUT2D eigenvalue weighted by atomic mass is 9.83. The molecule has 3 rings (SSSR count). The summed E-state index contributed by atoms with van der Waals surface area (Å²) in [6.07, 6.45) is 9.75. The van der Waals surface area contributed by atoms with Crippen molar-refractivity contribution in [3.8, 4) is 0 Å². The van der Waals surface area contributed by atoms with Crippen LogP contribution in [0, 0.1) is 17.8 Å². The molecule has 2 saturated carbocycles. The van der Waals surface area contributed by atoms with E-state index in [-0.39, 0.29) is 53.8 Å². The van der Waals surface area contributed by atoms with E-state index in [9.17, 15) is 28.8 Å². The summed E-state index contributed by atoms with van der Waals surface area (Å²) in [5.41, 5.74) is -0.476. The minimum Gasteiger partial charge on any atom is -0.371 e. The normalized spacial score (nSPS) is 21.5. The minimum absolute atomic E-state index is 0.00336. The number of likely N-dealkylation sites (tertiary alicyclic amines) is 1. The lowest BCUT2D eigenvalue weighted by Gasteiger charge is -2.35. The highest BCUT2D eigenvalue weighted by Crippen LogP contribution is 2.33. The number of urea groups is 1. The van der Waals surface area contributed by atoms with Crippen molar-refractivity contribution in [2.24, 2.45) is 17.8 Å². The molecular formula is C36H61N5O7. The SMILES string of the molecule is C=CCNC=O.CCCC(NC(=O)C1CC(OC(C)(C)C)CN1C(=O)C(NC(=O)NC(C(=O)C1CC1)C(C)C)C1CCCCC1)C(C)=O. The first-order valence-electron chi connectivity index (χ1n) is 17.8. The molecule has 1 aliphatic heterocycles. The summed E-state index contributed by atoms with van der Waals surface area (Å²) < 4.78 is 6.22. The third-order valence-electron chi connectivity index (χ3n) is 9.01. The van der Waals surface area contributed by atoms with Gasteiger partial charge in [0.2, 0.25) is 18.2 Å². The zero-order valence-electron chi connectivity index (χ0n) is 30.3. The lowest BCUT2D eigenvalue weighted by molar-refractivity contribution is -0.142. The van der Waals surface area contributed by atoms with Crippen LogP contribution in [-0.4, -0.2) is 89.7 Å². The molecule has 0 aromatic heterocycles. The molecule has 1 saturated heterocycles. The molecule has 1 heterocycles. The molecule has 5 amide bonds. The Morgan fingerprint density at radius 1 is 0.979 bits per heavy atom. The Hall–Kier alpha value is -3.28. The molecule has 3 aliphatic rings. The Morgan fingerprint density at radius 2 is 1.62 bits per heavy atom. The van der Waals surface area contributed by atoms with Crippen molar-refractivity contribution in [3.63, 3.8) is 0 Å². The monoisotopic (exact) mass is 675 g/mol. The van der Waals surface area contributed by atoms with Crippen LogP contribution in [0.5, 0.6) is 0 Å². The van der Waals surface area contributed by atoms with Crippen LogP contribution >= 0.6 is 0 Å². The van der Waals surface area contributed by atoms with E-state index in [0.29, 0.717) is 25.8 Å². The first-order valence-corrected chi connectivity index (χ1v) is 17.8. The largest absolute Gasteiger partial charge is 0.371 e. The lowest BCUT2D eigenvalue weighted by Crippen LogP contribution is -2.60. The highest BCUT2D eigenvalue weighted by atomic mass is 16.5. The number of nitrogens with zero attached hydrogens (tertiary/aromatic N) is 1. The number of hydrogen-bond acceptors (Lipinski definition) is 7. The molecule has 5 unspecified atom stereocenters. The second kappa shape index (κ2) is 19.7. The summed E-state index contributed by atoms with van der Waals surface area (Å²) >= 11 is 0. The Balaban J connectivity index is 0.00000122. The van der Waals surface area contributed by atoms with E-state index in [1.165, 1.54) is 6.92 Å². The van der Waals surface area contributed by atoms with E-state index >= 15 is 0 Å². The van der Waals surface area contributed by atoms with Gasteiger partial charge in [-0.3, -0.25) is 24.0 Å². The van der Waals surface area contributed by atoms with Crippen LogP contribution in [-0.2, 0) is 28.7 Å². The Kier molecular flexibility index (Phi) is 16.7. The van der Waals surface area contributed by atoms with Gasteiger partial charge in [-0.2, -0.15) is 0 Å². The first kappa shape index (κ1) is 40.9. The molecule has 0 radical (unpaired) electrons. The van der Waals surface area contributed by atoms with E-state index in [2.05, 4.69) is 27.8 Å². The summed E-state index contributed by atoms with van der Waals surface area (Å²) in [4.78, 5) is 77.3. The maximum absolute atomic E-state index is 14.3. The summed E-state index contributed by atoms with van der Waals surface area (Å²) in [5.74, 6) is -0.922. The third-order valence-corrected chi connectivity index (χ3v) is 9.01.